The molecule has 124 valence electrons. The number of aromatic nitrogens is 2. The first-order valence-corrected chi connectivity index (χ1v) is 8.32. The first-order chi connectivity index (χ1) is 10.8. The van der Waals surface area contributed by atoms with Gasteiger partial charge in [0.25, 0.3) is 0 Å². The largest absolute Gasteiger partial charge is 0.354 e. The minimum Gasteiger partial charge on any atom is -0.354 e. The second-order valence-electron chi connectivity index (χ2n) is 6.28. The van der Waals surface area contributed by atoms with Crippen LogP contribution in [0.2, 0.25) is 0 Å². The maximum atomic E-state index is 12.5. The first-order valence-electron chi connectivity index (χ1n) is 7.53. The lowest BCUT2D eigenvalue weighted by atomic mass is 9.84. The molecule has 1 amide bonds. The highest BCUT2D eigenvalue weighted by Crippen LogP contribution is 2.25. The summed E-state index contributed by atoms with van der Waals surface area (Å²) in [5.74, 6) is -0.0522. The number of aryl methyl sites for hydroxylation is 1. The zero-order valence-electron chi connectivity index (χ0n) is 13.9. The van der Waals surface area contributed by atoms with Crippen LogP contribution < -0.4 is 10.6 Å². The Hall–Kier alpha value is -1.66. The van der Waals surface area contributed by atoms with Crippen LogP contribution in [0.3, 0.4) is 0 Å². The molecule has 1 heterocycles. The van der Waals surface area contributed by atoms with Crippen molar-refractivity contribution in [2.45, 2.75) is 25.3 Å². The summed E-state index contributed by atoms with van der Waals surface area (Å²) in [6.45, 7) is 4.79. The number of nitrogens with zero attached hydrogens (tertiary/aromatic N) is 2. The lowest BCUT2D eigenvalue weighted by molar-refractivity contribution is -0.123. The fraction of sp³-hybridized carbons (Fsp3) is 0.412. The van der Waals surface area contributed by atoms with Gasteiger partial charge in [-0.3, -0.25) is 9.48 Å². The molecule has 0 spiro atoms. The highest BCUT2D eigenvalue weighted by Gasteiger charge is 2.25. The fourth-order valence-electron chi connectivity index (χ4n) is 2.46. The van der Waals surface area contributed by atoms with Gasteiger partial charge in [0.2, 0.25) is 5.91 Å². The number of hydrogen-bond donors (Lipinski definition) is 2. The van der Waals surface area contributed by atoms with Gasteiger partial charge in [0.1, 0.15) is 6.04 Å². The van der Waals surface area contributed by atoms with Crippen LogP contribution in [0.1, 0.15) is 31.0 Å². The Kier molecular flexibility index (Phi) is 5.59. The number of rotatable bonds is 6. The summed E-state index contributed by atoms with van der Waals surface area (Å²) in [6.07, 6.45) is 3.56. The smallest absolute Gasteiger partial charge is 0.241 e. The van der Waals surface area contributed by atoms with Crippen molar-refractivity contribution in [1.82, 2.24) is 20.4 Å². The van der Waals surface area contributed by atoms with Crippen LogP contribution in [0.4, 0.5) is 0 Å². The molecule has 0 bridgehead atoms. The van der Waals surface area contributed by atoms with Crippen molar-refractivity contribution < 1.29 is 4.79 Å². The van der Waals surface area contributed by atoms with E-state index < -0.39 is 6.04 Å². The lowest BCUT2D eigenvalue weighted by Gasteiger charge is -2.27. The van der Waals surface area contributed by atoms with E-state index in [-0.39, 0.29) is 11.3 Å². The van der Waals surface area contributed by atoms with Crippen molar-refractivity contribution >= 4 is 21.8 Å². The molecule has 0 saturated carbocycles. The zero-order chi connectivity index (χ0) is 17.0. The van der Waals surface area contributed by atoms with E-state index in [1.165, 1.54) is 5.56 Å². The second kappa shape index (κ2) is 7.27. The number of carbonyl (C=O) groups excluding carboxylic acids is 1. The van der Waals surface area contributed by atoms with E-state index in [1.807, 2.05) is 25.4 Å². The van der Waals surface area contributed by atoms with Gasteiger partial charge in [-0.25, -0.2) is 0 Å². The molecule has 6 heteroatoms. The normalized spacial score (nSPS) is 12.9. The number of hydrogen-bond acceptors (Lipinski definition) is 3. The maximum Gasteiger partial charge on any atom is 0.241 e. The summed E-state index contributed by atoms with van der Waals surface area (Å²) in [6, 6.07) is 7.77. The van der Waals surface area contributed by atoms with Gasteiger partial charge >= 0.3 is 0 Å². The lowest BCUT2D eigenvalue weighted by Crippen LogP contribution is -2.42. The quantitative estimate of drug-likeness (QED) is 0.811. The van der Waals surface area contributed by atoms with Gasteiger partial charge in [-0.1, -0.05) is 41.9 Å². The van der Waals surface area contributed by atoms with Crippen molar-refractivity contribution in [2.75, 3.05) is 13.6 Å². The Labute approximate surface area is 145 Å². The van der Waals surface area contributed by atoms with Gasteiger partial charge < -0.3 is 10.6 Å². The number of amides is 1. The predicted octanol–water partition coefficient (Wildman–Crippen LogP) is 2.54. The molecule has 0 aliphatic rings. The van der Waals surface area contributed by atoms with Gasteiger partial charge in [-0.15, -0.1) is 0 Å². The van der Waals surface area contributed by atoms with Crippen molar-refractivity contribution in [3.63, 3.8) is 0 Å². The number of halogens is 1. The minimum atomic E-state index is -0.401. The summed E-state index contributed by atoms with van der Waals surface area (Å²) >= 11 is 3.50. The molecule has 23 heavy (non-hydrogen) atoms. The molecule has 2 rings (SSSR count). The zero-order valence-corrected chi connectivity index (χ0v) is 15.5. The molecule has 1 atom stereocenters. The third-order valence-corrected chi connectivity index (χ3v) is 4.41. The third-order valence-electron chi connectivity index (χ3n) is 3.92. The molecule has 0 saturated heterocycles. The van der Waals surface area contributed by atoms with Crippen molar-refractivity contribution in [1.29, 1.82) is 0 Å². The molecule has 0 fully saturated rings. The highest BCUT2D eigenvalue weighted by atomic mass is 79.9. The topological polar surface area (TPSA) is 59.0 Å². The maximum absolute atomic E-state index is 12.5. The molecule has 0 radical (unpaired) electrons. The van der Waals surface area contributed by atoms with E-state index in [0.717, 1.165) is 10.0 Å². The SMILES string of the molecule is CNC(C(=O)NCC(C)(C)c1cccc(Br)c1)c1cnn(C)c1. The number of likely N-dealkylation sites (N-methyl/N-ethyl adjacent to an activating group) is 1. The summed E-state index contributed by atoms with van der Waals surface area (Å²) in [5.41, 5.74) is 1.87. The van der Waals surface area contributed by atoms with Gasteiger partial charge in [-0.2, -0.15) is 5.10 Å². The van der Waals surface area contributed by atoms with Crippen LogP contribution in [0.5, 0.6) is 0 Å². The summed E-state index contributed by atoms with van der Waals surface area (Å²) in [7, 11) is 3.61. The van der Waals surface area contributed by atoms with Gasteiger partial charge in [-0.05, 0) is 24.7 Å². The van der Waals surface area contributed by atoms with Crippen LogP contribution in [0.25, 0.3) is 0 Å². The molecule has 0 aliphatic carbocycles. The van der Waals surface area contributed by atoms with E-state index in [1.54, 1.807) is 17.9 Å². The standard InChI is InChI=1S/C17H23BrN4O/c1-17(2,13-6-5-7-14(18)8-13)11-20-16(23)15(19-3)12-9-21-22(4)10-12/h5-10,15,19H,11H2,1-4H3,(H,20,23). The summed E-state index contributed by atoms with van der Waals surface area (Å²) in [4.78, 5) is 12.5. The molecule has 1 aromatic heterocycles. The van der Waals surface area contributed by atoms with Gasteiger partial charge in [0.15, 0.2) is 0 Å². The van der Waals surface area contributed by atoms with E-state index >= 15 is 0 Å². The predicted molar refractivity (Wildman–Crippen MR) is 95.2 cm³/mol. The van der Waals surface area contributed by atoms with Crippen LogP contribution in [-0.2, 0) is 17.3 Å². The molecule has 0 aliphatic heterocycles. The van der Waals surface area contributed by atoms with E-state index in [0.29, 0.717) is 6.54 Å². The molecular formula is C17H23BrN4O. The Morgan fingerprint density at radius 1 is 1.43 bits per heavy atom. The van der Waals surface area contributed by atoms with Gasteiger partial charge in [0.05, 0.1) is 6.20 Å². The Balaban J connectivity index is 2.05. The Morgan fingerprint density at radius 2 is 2.17 bits per heavy atom. The van der Waals surface area contributed by atoms with E-state index in [4.69, 9.17) is 0 Å². The monoisotopic (exact) mass is 378 g/mol. The summed E-state index contributed by atoms with van der Waals surface area (Å²) in [5, 5.41) is 10.2. The second-order valence-corrected chi connectivity index (χ2v) is 7.20. The van der Waals surface area contributed by atoms with Crippen LogP contribution in [0.15, 0.2) is 41.1 Å². The number of nitrogens with one attached hydrogen (secondary N) is 2. The molecule has 2 aromatic rings. The van der Waals surface area contributed by atoms with Crippen molar-refractivity contribution in [3.8, 4) is 0 Å². The average molecular weight is 379 g/mol. The third kappa shape index (κ3) is 4.42. The molecule has 2 N–H and O–H groups in total. The highest BCUT2D eigenvalue weighted by molar-refractivity contribution is 9.10. The molecule has 1 unspecified atom stereocenters. The van der Waals surface area contributed by atoms with Gasteiger partial charge in [0, 0.05) is 35.2 Å². The Bertz CT molecular complexity index is 681. The van der Waals surface area contributed by atoms with E-state index in [9.17, 15) is 4.79 Å². The molecule has 1 aromatic carbocycles. The molecule has 5 nitrogen and oxygen atoms in total. The van der Waals surface area contributed by atoms with Crippen molar-refractivity contribution in [3.05, 3.63) is 52.3 Å². The minimum absolute atomic E-state index is 0.0522. The van der Waals surface area contributed by atoms with Crippen LogP contribution in [0, 0.1) is 0 Å². The average Bonchev–Trinajstić information content (AvgIpc) is 2.92. The summed E-state index contributed by atoms with van der Waals surface area (Å²) < 4.78 is 2.73. The first kappa shape index (κ1) is 17.7. The Morgan fingerprint density at radius 3 is 2.74 bits per heavy atom. The number of carbonyl (C=O) groups is 1. The van der Waals surface area contributed by atoms with Crippen LogP contribution in [-0.4, -0.2) is 29.3 Å². The number of benzene rings is 1. The van der Waals surface area contributed by atoms with Crippen molar-refractivity contribution in [2.24, 2.45) is 7.05 Å². The fourth-order valence-corrected chi connectivity index (χ4v) is 2.86. The van der Waals surface area contributed by atoms with Crippen LogP contribution >= 0.6 is 15.9 Å². The van der Waals surface area contributed by atoms with E-state index in [2.05, 4.69) is 57.6 Å². The molecular weight excluding hydrogens is 356 g/mol.